The minimum absolute atomic E-state index is 0.110. The molecule has 1 fully saturated rings. The van der Waals surface area contributed by atoms with E-state index >= 15 is 0 Å². The first-order valence-electron chi connectivity index (χ1n) is 6.20. The average Bonchev–Trinajstić information content (AvgIpc) is 2.25. The Morgan fingerprint density at radius 3 is 2.88 bits per heavy atom. The number of nitrogens with two attached hydrogens (primary N) is 1. The number of carbonyl (C=O) groups is 1. The third-order valence-electron chi connectivity index (χ3n) is 3.17. The fourth-order valence-corrected chi connectivity index (χ4v) is 2.48. The molecule has 1 aliphatic rings. The van der Waals surface area contributed by atoms with E-state index in [-0.39, 0.29) is 12.0 Å². The lowest BCUT2D eigenvalue weighted by molar-refractivity contribution is -0.141. The summed E-state index contributed by atoms with van der Waals surface area (Å²) >= 11 is 0. The van der Waals surface area contributed by atoms with Crippen LogP contribution < -0.4 is 5.73 Å². The molecule has 0 bridgehead atoms. The fourth-order valence-electron chi connectivity index (χ4n) is 2.48. The molecular formula is C12H24N2O2. The zero-order chi connectivity index (χ0) is 12.0. The molecule has 1 rings (SSSR count). The monoisotopic (exact) mass is 228 g/mol. The van der Waals surface area contributed by atoms with Crippen LogP contribution >= 0.6 is 0 Å². The van der Waals surface area contributed by atoms with E-state index < -0.39 is 0 Å². The van der Waals surface area contributed by atoms with E-state index in [2.05, 4.69) is 16.6 Å². The molecule has 0 amide bonds. The standard InChI is InChI=1S/C12H24N2O2/c1-3-6-14-8-10(7-11(13)9-14)4-5-12(15)16-2/h10-11H,3-9,13H2,1-2H3. The highest BCUT2D eigenvalue weighted by atomic mass is 16.5. The first-order valence-corrected chi connectivity index (χ1v) is 6.20. The maximum absolute atomic E-state index is 11.1. The van der Waals surface area contributed by atoms with Crippen molar-refractivity contribution in [2.24, 2.45) is 11.7 Å². The van der Waals surface area contributed by atoms with Crippen molar-refractivity contribution in [1.82, 2.24) is 4.90 Å². The topological polar surface area (TPSA) is 55.6 Å². The molecule has 2 atom stereocenters. The summed E-state index contributed by atoms with van der Waals surface area (Å²) in [7, 11) is 1.44. The predicted molar refractivity (Wildman–Crippen MR) is 64.1 cm³/mol. The van der Waals surface area contributed by atoms with Crippen LogP contribution in [0.1, 0.15) is 32.6 Å². The summed E-state index contributed by atoms with van der Waals surface area (Å²) in [6.45, 7) is 5.38. The Labute approximate surface area is 98.1 Å². The molecule has 1 saturated heterocycles. The summed E-state index contributed by atoms with van der Waals surface area (Å²) < 4.78 is 4.66. The molecule has 16 heavy (non-hydrogen) atoms. The van der Waals surface area contributed by atoms with Crippen LogP contribution in [0.2, 0.25) is 0 Å². The lowest BCUT2D eigenvalue weighted by Gasteiger charge is -2.36. The number of methoxy groups -OCH3 is 1. The average molecular weight is 228 g/mol. The van der Waals surface area contributed by atoms with Gasteiger partial charge in [0, 0.05) is 25.6 Å². The minimum atomic E-state index is -0.110. The normalized spacial score (nSPS) is 26.7. The van der Waals surface area contributed by atoms with Crippen LogP contribution in [0.3, 0.4) is 0 Å². The smallest absolute Gasteiger partial charge is 0.305 e. The first kappa shape index (κ1) is 13.5. The molecule has 0 aromatic heterocycles. The second-order valence-electron chi connectivity index (χ2n) is 4.74. The number of hydrogen-bond donors (Lipinski definition) is 1. The molecule has 0 aromatic carbocycles. The fraction of sp³-hybridized carbons (Fsp3) is 0.917. The number of rotatable bonds is 5. The van der Waals surface area contributed by atoms with Crippen LogP contribution in [0.4, 0.5) is 0 Å². The van der Waals surface area contributed by atoms with Crippen LogP contribution in [-0.4, -0.2) is 43.7 Å². The molecule has 2 unspecified atom stereocenters. The van der Waals surface area contributed by atoms with Crippen LogP contribution in [0.5, 0.6) is 0 Å². The molecule has 0 aliphatic carbocycles. The van der Waals surface area contributed by atoms with E-state index in [1.54, 1.807) is 0 Å². The molecule has 0 aromatic rings. The Kier molecular flexibility index (Phi) is 5.77. The Balaban J connectivity index is 2.32. The summed E-state index contributed by atoms with van der Waals surface area (Å²) in [6, 6.07) is 0.267. The number of likely N-dealkylation sites (tertiary alicyclic amines) is 1. The summed E-state index contributed by atoms with van der Waals surface area (Å²) in [6.07, 6.45) is 3.63. The van der Waals surface area contributed by atoms with Gasteiger partial charge in [0.1, 0.15) is 0 Å². The third kappa shape index (κ3) is 4.49. The van der Waals surface area contributed by atoms with Crippen molar-refractivity contribution < 1.29 is 9.53 Å². The van der Waals surface area contributed by atoms with E-state index in [1.165, 1.54) is 7.11 Å². The van der Waals surface area contributed by atoms with Gasteiger partial charge in [-0.15, -0.1) is 0 Å². The highest BCUT2D eigenvalue weighted by molar-refractivity contribution is 5.69. The van der Waals surface area contributed by atoms with E-state index in [9.17, 15) is 4.79 Å². The van der Waals surface area contributed by atoms with Gasteiger partial charge in [0.2, 0.25) is 0 Å². The lowest BCUT2D eigenvalue weighted by Crippen LogP contribution is -2.47. The molecule has 0 spiro atoms. The maximum atomic E-state index is 11.1. The van der Waals surface area contributed by atoms with E-state index in [0.29, 0.717) is 12.3 Å². The lowest BCUT2D eigenvalue weighted by atomic mass is 9.90. The first-order chi connectivity index (χ1) is 7.65. The highest BCUT2D eigenvalue weighted by Gasteiger charge is 2.24. The van der Waals surface area contributed by atoms with E-state index in [4.69, 9.17) is 5.73 Å². The molecule has 1 heterocycles. The van der Waals surface area contributed by atoms with Gasteiger partial charge in [-0.3, -0.25) is 4.79 Å². The Hall–Kier alpha value is -0.610. The van der Waals surface area contributed by atoms with Crippen molar-refractivity contribution in [2.75, 3.05) is 26.7 Å². The molecule has 94 valence electrons. The second kappa shape index (κ2) is 6.86. The van der Waals surface area contributed by atoms with Gasteiger partial charge in [-0.05, 0) is 31.7 Å². The Morgan fingerprint density at radius 1 is 1.50 bits per heavy atom. The number of hydrogen-bond acceptors (Lipinski definition) is 4. The van der Waals surface area contributed by atoms with Gasteiger partial charge in [0.15, 0.2) is 0 Å². The Morgan fingerprint density at radius 2 is 2.25 bits per heavy atom. The van der Waals surface area contributed by atoms with E-state index in [1.807, 2.05) is 0 Å². The van der Waals surface area contributed by atoms with Crippen LogP contribution in [0.25, 0.3) is 0 Å². The number of carbonyl (C=O) groups excluding carboxylic acids is 1. The van der Waals surface area contributed by atoms with Crippen LogP contribution in [-0.2, 0) is 9.53 Å². The minimum Gasteiger partial charge on any atom is -0.469 e. The van der Waals surface area contributed by atoms with Gasteiger partial charge in [0.25, 0.3) is 0 Å². The number of esters is 1. The molecule has 1 aliphatic heterocycles. The number of piperidine rings is 1. The highest BCUT2D eigenvalue weighted by Crippen LogP contribution is 2.20. The molecule has 4 heteroatoms. The van der Waals surface area contributed by atoms with Crippen molar-refractivity contribution >= 4 is 5.97 Å². The summed E-state index contributed by atoms with van der Waals surface area (Å²) in [4.78, 5) is 13.5. The van der Waals surface area contributed by atoms with Crippen molar-refractivity contribution in [3.8, 4) is 0 Å². The largest absolute Gasteiger partial charge is 0.469 e. The quantitative estimate of drug-likeness (QED) is 0.713. The summed E-state index contributed by atoms with van der Waals surface area (Å²) in [5.74, 6) is 0.440. The van der Waals surface area contributed by atoms with Gasteiger partial charge < -0.3 is 15.4 Å². The number of nitrogens with zero attached hydrogens (tertiary/aromatic N) is 1. The summed E-state index contributed by atoms with van der Waals surface area (Å²) in [5.41, 5.74) is 6.03. The molecular weight excluding hydrogens is 204 g/mol. The molecule has 2 N–H and O–H groups in total. The van der Waals surface area contributed by atoms with Gasteiger partial charge in [-0.25, -0.2) is 0 Å². The van der Waals surface area contributed by atoms with Crippen molar-refractivity contribution in [3.63, 3.8) is 0 Å². The zero-order valence-corrected chi connectivity index (χ0v) is 10.4. The SMILES string of the molecule is CCCN1CC(N)CC(CCC(=O)OC)C1. The van der Waals surface area contributed by atoms with Gasteiger partial charge >= 0.3 is 5.97 Å². The molecule has 0 saturated carbocycles. The molecule has 0 radical (unpaired) electrons. The molecule has 4 nitrogen and oxygen atoms in total. The zero-order valence-electron chi connectivity index (χ0n) is 10.4. The maximum Gasteiger partial charge on any atom is 0.305 e. The van der Waals surface area contributed by atoms with Crippen LogP contribution in [0.15, 0.2) is 0 Å². The van der Waals surface area contributed by atoms with Gasteiger partial charge in [0.05, 0.1) is 7.11 Å². The third-order valence-corrected chi connectivity index (χ3v) is 3.17. The van der Waals surface area contributed by atoms with Crippen molar-refractivity contribution in [3.05, 3.63) is 0 Å². The van der Waals surface area contributed by atoms with Crippen molar-refractivity contribution in [2.45, 2.75) is 38.6 Å². The van der Waals surface area contributed by atoms with Gasteiger partial charge in [-0.1, -0.05) is 6.92 Å². The van der Waals surface area contributed by atoms with E-state index in [0.717, 1.165) is 38.9 Å². The van der Waals surface area contributed by atoms with Crippen molar-refractivity contribution in [1.29, 1.82) is 0 Å². The second-order valence-corrected chi connectivity index (χ2v) is 4.74. The summed E-state index contributed by atoms with van der Waals surface area (Å²) in [5, 5.41) is 0. The van der Waals surface area contributed by atoms with Gasteiger partial charge in [-0.2, -0.15) is 0 Å². The Bertz CT molecular complexity index is 221. The van der Waals surface area contributed by atoms with Crippen LogP contribution in [0, 0.1) is 5.92 Å². The predicted octanol–water partition coefficient (Wildman–Crippen LogP) is 0.999. The number of ether oxygens (including phenoxy) is 1.